The molecular formula is C20H19N5OS. The highest BCUT2D eigenvalue weighted by Gasteiger charge is 2.23. The van der Waals surface area contributed by atoms with E-state index in [0.29, 0.717) is 5.82 Å². The standard InChI is InChI=1S/C20H19N5OS/c1-13-7-8-15-16(9-13)27-20-18(15)19-23-17(24-25(19)12-21-20)11-26-22-10-14-5-3-2-4-6-14/h2-6,10,12-13H,7-9,11H2,1H3/b22-10-/t13-/m0/s1. The lowest BCUT2D eigenvalue weighted by molar-refractivity contribution is 0.126. The van der Waals surface area contributed by atoms with Crippen LogP contribution in [0.3, 0.4) is 0 Å². The second-order valence-corrected chi connectivity index (χ2v) is 8.07. The minimum Gasteiger partial charge on any atom is -0.387 e. The van der Waals surface area contributed by atoms with Crippen LogP contribution in [0, 0.1) is 5.92 Å². The molecule has 0 aliphatic heterocycles. The van der Waals surface area contributed by atoms with Crippen molar-refractivity contribution < 1.29 is 4.84 Å². The van der Waals surface area contributed by atoms with Gasteiger partial charge in [-0.2, -0.15) is 0 Å². The summed E-state index contributed by atoms with van der Waals surface area (Å²) in [6.07, 6.45) is 6.88. The van der Waals surface area contributed by atoms with E-state index >= 15 is 0 Å². The summed E-state index contributed by atoms with van der Waals surface area (Å²) in [5.41, 5.74) is 3.27. The van der Waals surface area contributed by atoms with Crippen molar-refractivity contribution in [1.29, 1.82) is 0 Å². The fourth-order valence-corrected chi connectivity index (χ4v) is 4.92. The molecule has 4 aromatic rings. The number of rotatable bonds is 4. The lowest BCUT2D eigenvalue weighted by Crippen LogP contribution is -2.08. The monoisotopic (exact) mass is 377 g/mol. The summed E-state index contributed by atoms with van der Waals surface area (Å²) < 4.78 is 1.76. The second-order valence-electron chi connectivity index (χ2n) is 6.99. The Labute approximate surface area is 160 Å². The summed E-state index contributed by atoms with van der Waals surface area (Å²) in [4.78, 5) is 17.2. The SMILES string of the molecule is C[C@H]1CCc2c(sc3ncn4nc(CO/N=C\c5ccccc5)nc4c23)C1. The zero-order valence-electron chi connectivity index (χ0n) is 15.0. The zero-order chi connectivity index (χ0) is 18.2. The highest BCUT2D eigenvalue weighted by atomic mass is 32.1. The number of aryl methyl sites for hydroxylation is 1. The van der Waals surface area contributed by atoms with Crippen LogP contribution < -0.4 is 0 Å². The Morgan fingerprint density at radius 1 is 1.33 bits per heavy atom. The Balaban J connectivity index is 1.42. The van der Waals surface area contributed by atoms with E-state index in [9.17, 15) is 0 Å². The normalized spacial score (nSPS) is 17.0. The summed E-state index contributed by atoms with van der Waals surface area (Å²) in [6, 6.07) is 9.84. The van der Waals surface area contributed by atoms with E-state index in [2.05, 4.69) is 22.2 Å². The second kappa shape index (κ2) is 6.74. The van der Waals surface area contributed by atoms with Gasteiger partial charge in [0.2, 0.25) is 0 Å². The van der Waals surface area contributed by atoms with Crippen molar-refractivity contribution in [2.75, 3.05) is 0 Å². The summed E-state index contributed by atoms with van der Waals surface area (Å²) in [7, 11) is 0. The number of benzene rings is 1. The van der Waals surface area contributed by atoms with Gasteiger partial charge in [0.1, 0.15) is 11.2 Å². The van der Waals surface area contributed by atoms with Crippen molar-refractivity contribution in [1.82, 2.24) is 19.6 Å². The smallest absolute Gasteiger partial charge is 0.192 e. The average Bonchev–Trinajstić information content (AvgIpc) is 3.25. The highest BCUT2D eigenvalue weighted by molar-refractivity contribution is 7.19. The van der Waals surface area contributed by atoms with E-state index in [1.54, 1.807) is 28.4 Å². The molecule has 3 heterocycles. The molecule has 0 radical (unpaired) electrons. The van der Waals surface area contributed by atoms with Gasteiger partial charge in [-0.15, -0.1) is 16.4 Å². The largest absolute Gasteiger partial charge is 0.387 e. The minimum atomic E-state index is 0.232. The van der Waals surface area contributed by atoms with Crippen LogP contribution in [0.15, 0.2) is 41.8 Å². The number of oxime groups is 1. The molecule has 1 aliphatic rings. The van der Waals surface area contributed by atoms with Crippen molar-refractivity contribution in [3.8, 4) is 0 Å². The van der Waals surface area contributed by atoms with Gasteiger partial charge >= 0.3 is 0 Å². The topological polar surface area (TPSA) is 64.7 Å². The van der Waals surface area contributed by atoms with E-state index in [1.807, 2.05) is 30.3 Å². The molecule has 27 heavy (non-hydrogen) atoms. The van der Waals surface area contributed by atoms with Crippen LogP contribution in [-0.2, 0) is 24.3 Å². The molecule has 0 saturated carbocycles. The van der Waals surface area contributed by atoms with Crippen LogP contribution in [0.25, 0.3) is 15.9 Å². The zero-order valence-corrected chi connectivity index (χ0v) is 15.8. The molecule has 0 saturated heterocycles. The maximum atomic E-state index is 5.39. The van der Waals surface area contributed by atoms with Crippen molar-refractivity contribution in [2.24, 2.45) is 11.1 Å². The molecule has 6 nitrogen and oxygen atoms in total. The quantitative estimate of drug-likeness (QED) is 0.398. The van der Waals surface area contributed by atoms with Crippen molar-refractivity contribution in [2.45, 2.75) is 32.8 Å². The molecule has 1 atom stereocenters. The Morgan fingerprint density at radius 3 is 3.11 bits per heavy atom. The molecule has 0 amide bonds. The third kappa shape index (κ3) is 3.08. The van der Waals surface area contributed by atoms with Crippen LogP contribution in [0.2, 0.25) is 0 Å². The molecule has 0 spiro atoms. The third-order valence-electron chi connectivity index (χ3n) is 4.95. The number of fused-ring (bicyclic) bond motifs is 5. The first-order valence-electron chi connectivity index (χ1n) is 9.13. The molecule has 0 fully saturated rings. The maximum Gasteiger partial charge on any atom is 0.192 e. The molecule has 7 heteroatoms. The Morgan fingerprint density at radius 2 is 2.22 bits per heavy atom. The first kappa shape index (κ1) is 16.4. The third-order valence-corrected chi connectivity index (χ3v) is 6.11. The van der Waals surface area contributed by atoms with Crippen LogP contribution in [0.1, 0.15) is 35.2 Å². The maximum absolute atomic E-state index is 5.39. The molecule has 136 valence electrons. The number of hydrogen-bond acceptors (Lipinski definition) is 6. The molecule has 3 aromatic heterocycles. The minimum absolute atomic E-state index is 0.232. The molecule has 1 aliphatic carbocycles. The predicted molar refractivity (Wildman–Crippen MR) is 106 cm³/mol. The lowest BCUT2D eigenvalue weighted by Gasteiger charge is -2.17. The van der Waals surface area contributed by atoms with Gasteiger partial charge < -0.3 is 4.84 Å². The van der Waals surface area contributed by atoms with Gasteiger partial charge in [0.25, 0.3) is 0 Å². The number of nitrogens with zero attached hydrogens (tertiary/aromatic N) is 5. The van der Waals surface area contributed by atoms with Gasteiger partial charge in [0.15, 0.2) is 18.1 Å². The van der Waals surface area contributed by atoms with Crippen molar-refractivity contribution in [3.63, 3.8) is 0 Å². The van der Waals surface area contributed by atoms with Crippen LogP contribution in [0.5, 0.6) is 0 Å². The van der Waals surface area contributed by atoms with Crippen molar-refractivity contribution >= 4 is 33.4 Å². The van der Waals surface area contributed by atoms with Gasteiger partial charge in [-0.25, -0.2) is 14.5 Å². The van der Waals surface area contributed by atoms with Gasteiger partial charge in [0.05, 0.1) is 11.6 Å². The molecule has 1 aromatic carbocycles. The number of hydrogen-bond donors (Lipinski definition) is 0. The molecular weight excluding hydrogens is 358 g/mol. The van der Waals surface area contributed by atoms with Crippen LogP contribution in [0.4, 0.5) is 0 Å². The number of thiophene rings is 1. The molecule has 0 N–H and O–H groups in total. The van der Waals surface area contributed by atoms with Crippen LogP contribution in [-0.4, -0.2) is 25.8 Å². The lowest BCUT2D eigenvalue weighted by atomic mass is 9.89. The summed E-state index contributed by atoms with van der Waals surface area (Å²) in [5.74, 6) is 1.35. The fraction of sp³-hybridized carbons (Fsp3) is 0.300. The number of aromatic nitrogens is 4. The van der Waals surface area contributed by atoms with Crippen LogP contribution >= 0.6 is 11.3 Å². The first-order chi connectivity index (χ1) is 13.3. The van der Waals surface area contributed by atoms with E-state index in [0.717, 1.165) is 40.2 Å². The van der Waals surface area contributed by atoms with E-state index in [4.69, 9.17) is 9.82 Å². The van der Waals surface area contributed by atoms with E-state index in [1.165, 1.54) is 16.9 Å². The Bertz CT molecular complexity index is 1130. The fourth-order valence-electron chi connectivity index (χ4n) is 3.58. The van der Waals surface area contributed by atoms with Crippen molar-refractivity contribution in [3.05, 3.63) is 58.5 Å². The van der Waals surface area contributed by atoms with Gasteiger partial charge in [-0.05, 0) is 36.3 Å². The average molecular weight is 377 g/mol. The molecule has 0 bridgehead atoms. The Hall–Kier alpha value is -2.80. The van der Waals surface area contributed by atoms with E-state index < -0.39 is 0 Å². The van der Waals surface area contributed by atoms with Gasteiger partial charge in [0, 0.05) is 4.88 Å². The highest BCUT2D eigenvalue weighted by Crippen LogP contribution is 2.38. The molecule has 0 unspecified atom stereocenters. The van der Waals surface area contributed by atoms with Gasteiger partial charge in [-0.1, -0.05) is 42.4 Å². The summed E-state index contributed by atoms with van der Waals surface area (Å²) in [6.45, 7) is 2.55. The Kier molecular flexibility index (Phi) is 4.09. The summed E-state index contributed by atoms with van der Waals surface area (Å²) in [5, 5.41) is 9.67. The first-order valence-corrected chi connectivity index (χ1v) is 9.94. The molecule has 5 rings (SSSR count). The summed E-state index contributed by atoms with van der Waals surface area (Å²) >= 11 is 1.80. The van der Waals surface area contributed by atoms with Gasteiger partial charge in [-0.3, -0.25) is 0 Å². The predicted octanol–water partition coefficient (Wildman–Crippen LogP) is 4.01. The van der Waals surface area contributed by atoms with E-state index in [-0.39, 0.29) is 6.61 Å².